The molecule has 0 spiro atoms. The highest BCUT2D eigenvalue weighted by Crippen LogP contribution is 2.34. The van der Waals surface area contributed by atoms with Crippen LogP contribution in [0.5, 0.6) is 0 Å². The minimum Gasteiger partial charge on any atom is -0.383 e. The van der Waals surface area contributed by atoms with Gasteiger partial charge in [-0.15, -0.1) is 0 Å². The van der Waals surface area contributed by atoms with Gasteiger partial charge in [0.1, 0.15) is 11.5 Å². The summed E-state index contributed by atoms with van der Waals surface area (Å²) >= 11 is 0. The van der Waals surface area contributed by atoms with Gasteiger partial charge in [0.2, 0.25) is 0 Å². The van der Waals surface area contributed by atoms with E-state index in [1.165, 1.54) is 19.2 Å². The summed E-state index contributed by atoms with van der Waals surface area (Å²) in [5.74, 6) is -1.82. The molecule has 2 aromatic rings. The number of ether oxygens (including phenoxy) is 1. The van der Waals surface area contributed by atoms with Crippen molar-refractivity contribution in [3.8, 4) is 5.69 Å². The van der Waals surface area contributed by atoms with Gasteiger partial charge in [0.05, 0.1) is 18.4 Å². The third kappa shape index (κ3) is 4.79. The monoisotopic (exact) mass is 374 g/mol. The first-order valence-electron chi connectivity index (χ1n) is 7.74. The van der Waals surface area contributed by atoms with Gasteiger partial charge in [-0.05, 0) is 12.1 Å². The SMILES string of the molecule is COCCNCCNC(=O)c1cnn(-c2ccccc2F)c1C(F)(F)F. The van der Waals surface area contributed by atoms with Crippen molar-refractivity contribution in [3.05, 3.63) is 47.5 Å². The molecular weight excluding hydrogens is 356 g/mol. The Kier molecular flexibility index (Phi) is 6.70. The van der Waals surface area contributed by atoms with E-state index in [2.05, 4.69) is 15.7 Å². The van der Waals surface area contributed by atoms with Gasteiger partial charge in [0, 0.05) is 26.7 Å². The van der Waals surface area contributed by atoms with Gasteiger partial charge >= 0.3 is 6.18 Å². The molecule has 2 N–H and O–H groups in total. The van der Waals surface area contributed by atoms with Crippen LogP contribution in [0.1, 0.15) is 16.1 Å². The molecule has 0 radical (unpaired) electrons. The van der Waals surface area contributed by atoms with Crippen LogP contribution in [0.4, 0.5) is 17.6 Å². The van der Waals surface area contributed by atoms with Crippen molar-refractivity contribution in [3.63, 3.8) is 0 Å². The van der Waals surface area contributed by atoms with E-state index in [9.17, 15) is 22.4 Å². The number of hydrogen-bond acceptors (Lipinski definition) is 4. The topological polar surface area (TPSA) is 68.2 Å². The fourth-order valence-electron chi connectivity index (χ4n) is 2.25. The number of nitrogens with one attached hydrogen (secondary N) is 2. The van der Waals surface area contributed by atoms with Crippen LogP contribution in [0.2, 0.25) is 0 Å². The predicted molar refractivity (Wildman–Crippen MR) is 85.6 cm³/mol. The van der Waals surface area contributed by atoms with Crippen molar-refractivity contribution in [2.45, 2.75) is 6.18 Å². The molecular formula is C16H18F4N4O2. The number of hydrogen-bond donors (Lipinski definition) is 2. The fraction of sp³-hybridized carbons (Fsp3) is 0.375. The summed E-state index contributed by atoms with van der Waals surface area (Å²) in [7, 11) is 1.54. The Hall–Kier alpha value is -2.46. The number of alkyl halides is 3. The lowest BCUT2D eigenvalue weighted by molar-refractivity contribution is -0.143. The molecule has 26 heavy (non-hydrogen) atoms. The highest BCUT2D eigenvalue weighted by atomic mass is 19.4. The molecule has 1 heterocycles. The molecule has 1 amide bonds. The molecule has 0 saturated carbocycles. The van der Waals surface area contributed by atoms with Crippen LogP contribution in [0.3, 0.4) is 0 Å². The van der Waals surface area contributed by atoms with Crippen LogP contribution in [0, 0.1) is 5.82 Å². The number of methoxy groups -OCH3 is 1. The lowest BCUT2D eigenvalue weighted by atomic mass is 10.2. The highest BCUT2D eigenvalue weighted by Gasteiger charge is 2.40. The number of carbonyl (C=O) groups excluding carboxylic acids is 1. The Bertz CT molecular complexity index is 746. The largest absolute Gasteiger partial charge is 0.434 e. The summed E-state index contributed by atoms with van der Waals surface area (Å²) < 4.78 is 59.5. The van der Waals surface area contributed by atoms with Gasteiger partial charge in [-0.25, -0.2) is 9.07 Å². The van der Waals surface area contributed by atoms with Crippen LogP contribution in [0.25, 0.3) is 5.69 Å². The Balaban J connectivity index is 2.19. The van der Waals surface area contributed by atoms with Gasteiger partial charge in [-0.3, -0.25) is 4.79 Å². The van der Waals surface area contributed by atoms with Crippen molar-refractivity contribution in [1.29, 1.82) is 0 Å². The quantitative estimate of drug-likeness (QED) is 0.548. The normalized spacial score (nSPS) is 11.6. The average molecular weight is 374 g/mol. The number of aromatic nitrogens is 2. The minimum atomic E-state index is -4.89. The third-order valence-electron chi connectivity index (χ3n) is 3.43. The van der Waals surface area contributed by atoms with Crippen molar-refractivity contribution in [1.82, 2.24) is 20.4 Å². The van der Waals surface area contributed by atoms with Crippen LogP contribution in [-0.2, 0) is 10.9 Å². The van der Waals surface area contributed by atoms with Crippen LogP contribution in [0.15, 0.2) is 30.5 Å². The van der Waals surface area contributed by atoms with Crippen LogP contribution in [-0.4, -0.2) is 49.0 Å². The fourth-order valence-corrected chi connectivity index (χ4v) is 2.25. The second-order valence-electron chi connectivity index (χ2n) is 5.27. The molecule has 0 fully saturated rings. The molecule has 6 nitrogen and oxygen atoms in total. The van der Waals surface area contributed by atoms with E-state index in [4.69, 9.17) is 4.74 Å². The van der Waals surface area contributed by atoms with Crippen molar-refractivity contribution >= 4 is 5.91 Å². The Morgan fingerprint density at radius 3 is 2.62 bits per heavy atom. The zero-order chi connectivity index (χ0) is 19.2. The zero-order valence-electron chi connectivity index (χ0n) is 13.9. The van der Waals surface area contributed by atoms with Gasteiger partial charge in [-0.1, -0.05) is 12.1 Å². The molecule has 10 heteroatoms. The van der Waals surface area contributed by atoms with Crippen molar-refractivity contribution in [2.75, 3.05) is 33.4 Å². The molecule has 0 saturated heterocycles. The maximum Gasteiger partial charge on any atom is 0.434 e. The molecule has 0 bridgehead atoms. The van der Waals surface area contributed by atoms with Gasteiger partial charge in [0.25, 0.3) is 5.91 Å². The van der Waals surface area contributed by atoms with Gasteiger partial charge < -0.3 is 15.4 Å². The lowest BCUT2D eigenvalue weighted by Gasteiger charge is -2.13. The second-order valence-corrected chi connectivity index (χ2v) is 5.27. The van der Waals surface area contributed by atoms with E-state index in [1.807, 2.05) is 0 Å². The average Bonchev–Trinajstić information content (AvgIpc) is 3.03. The Morgan fingerprint density at radius 1 is 1.23 bits per heavy atom. The number of para-hydroxylation sites is 1. The number of halogens is 4. The number of benzene rings is 1. The van der Waals surface area contributed by atoms with Crippen molar-refractivity contribution in [2.24, 2.45) is 0 Å². The third-order valence-corrected chi connectivity index (χ3v) is 3.43. The van der Waals surface area contributed by atoms with Gasteiger partial charge in [0.15, 0.2) is 5.69 Å². The first kappa shape index (κ1) is 19.9. The lowest BCUT2D eigenvalue weighted by Crippen LogP contribution is -2.34. The molecule has 0 unspecified atom stereocenters. The zero-order valence-corrected chi connectivity index (χ0v) is 13.9. The maximum atomic E-state index is 13.9. The summed E-state index contributed by atoms with van der Waals surface area (Å²) in [5, 5.41) is 8.89. The highest BCUT2D eigenvalue weighted by molar-refractivity contribution is 5.95. The molecule has 1 aromatic carbocycles. The molecule has 0 aliphatic carbocycles. The van der Waals surface area contributed by atoms with Crippen LogP contribution >= 0.6 is 0 Å². The van der Waals surface area contributed by atoms with E-state index in [0.29, 0.717) is 24.4 Å². The molecule has 0 aliphatic heterocycles. The first-order valence-corrected chi connectivity index (χ1v) is 7.74. The van der Waals surface area contributed by atoms with E-state index in [0.717, 1.165) is 18.3 Å². The summed E-state index contributed by atoms with van der Waals surface area (Å²) in [5.41, 5.74) is -2.38. The van der Waals surface area contributed by atoms with E-state index in [-0.39, 0.29) is 12.2 Å². The van der Waals surface area contributed by atoms with E-state index >= 15 is 0 Å². The van der Waals surface area contributed by atoms with E-state index in [1.54, 1.807) is 0 Å². The maximum absolute atomic E-state index is 13.9. The smallest absolute Gasteiger partial charge is 0.383 e. The number of amides is 1. The standard InChI is InChI=1S/C16H18F4N4O2/c1-26-9-8-21-6-7-22-15(25)11-10-23-24(14(11)16(18,19)20)13-5-3-2-4-12(13)17/h2-5,10,21H,6-9H2,1H3,(H,22,25). The number of nitrogens with zero attached hydrogens (tertiary/aromatic N) is 2. The molecule has 142 valence electrons. The molecule has 1 aromatic heterocycles. The van der Waals surface area contributed by atoms with Crippen LogP contribution < -0.4 is 10.6 Å². The first-order chi connectivity index (χ1) is 12.4. The molecule has 0 atom stereocenters. The Morgan fingerprint density at radius 2 is 1.96 bits per heavy atom. The summed E-state index contributed by atoms with van der Waals surface area (Å²) in [6.07, 6.45) is -4.11. The number of rotatable bonds is 8. The van der Waals surface area contributed by atoms with Crippen molar-refractivity contribution < 1.29 is 27.1 Å². The summed E-state index contributed by atoms with van der Waals surface area (Å²) in [4.78, 5) is 12.1. The molecule has 0 aliphatic rings. The second kappa shape index (κ2) is 8.77. The summed E-state index contributed by atoms with van der Waals surface area (Å²) in [6.45, 7) is 1.50. The van der Waals surface area contributed by atoms with E-state index < -0.39 is 29.2 Å². The minimum absolute atomic E-state index is 0.116. The Labute approximate surface area is 147 Å². The molecule has 2 rings (SSSR count). The van der Waals surface area contributed by atoms with Gasteiger partial charge in [-0.2, -0.15) is 18.3 Å². The predicted octanol–water partition coefficient (Wildman–Crippen LogP) is 2.00. The number of carbonyl (C=O) groups is 1. The summed E-state index contributed by atoms with van der Waals surface area (Å²) in [6, 6.07) is 4.90.